The van der Waals surface area contributed by atoms with Crippen LogP contribution < -0.4 is 5.01 Å². The Morgan fingerprint density at radius 2 is 1.58 bits per heavy atom. The minimum absolute atomic E-state index is 0.0413. The van der Waals surface area contributed by atoms with Gasteiger partial charge in [-0.15, -0.1) is 0 Å². The minimum Gasteiger partial charge on any atom is -0.268 e. The number of nitriles is 1. The van der Waals surface area contributed by atoms with Gasteiger partial charge in [-0.05, 0) is 79.0 Å². The largest absolute Gasteiger partial charge is 0.268 e. The van der Waals surface area contributed by atoms with Crippen molar-refractivity contribution in [3.05, 3.63) is 114 Å². The smallest absolute Gasteiger partial charge is 0.0946 e. The number of rotatable bonds is 10. The Bertz CT molecular complexity index is 1310. The van der Waals surface area contributed by atoms with Crippen LogP contribution in [-0.2, 0) is 12.8 Å². The van der Waals surface area contributed by atoms with Gasteiger partial charge in [0.25, 0.3) is 0 Å². The van der Waals surface area contributed by atoms with Gasteiger partial charge in [-0.2, -0.15) is 10.4 Å². The fraction of sp³-hybridized carbons (Fsp3) is 0.273. The molecular weight excluding hydrogens is 438 g/mol. The molecule has 0 aliphatic heterocycles. The zero-order chi connectivity index (χ0) is 25.5. The number of para-hydroxylation sites is 1. The summed E-state index contributed by atoms with van der Waals surface area (Å²) in [6.07, 6.45) is 5.91. The molecule has 0 aromatic heterocycles. The molecule has 3 heteroatoms. The van der Waals surface area contributed by atoms with Gasteiger partial charge in [-0.25, -0.2) is 0 Å². The Balaban J connectivity index is 1.48. The van der Waals surface area contributed by atoms with Crippen LogP contribution in [0.1, 0.15) is 43.7 Å². The summed E-state index contributed by atoms with van der Waals surface area (Å²) in [5, 5.41) is 16.2. The summed E-state index contributed by atoms with van der Waals surface area (Å²) in [6.45, 7) is 10.2. The molecule has 182 valence electrons. The third kappa shape index (κ3) is 5.83. The fourth-order valence-corrected chi connectivity index (χ4v) is 4.96. The van der Waals surface area contributed by atoms with E-state index in [0.29, 0.717) is 0 Å². The van der Waals surface area contributed by atoms with Crippen molar-refractivity contribution >= 4 is 11.4 Å². The van der Waals surface area contributed by atoms with Crippen molar-refractivity contribution in [2.75, 3.05) is 12.1 Å². The molecule has 0 amide bonds. The van der Waals surface area contributed by atoms with Crippen LogP contribution in [0.5, 0.6) is 0 Å². The van der Waals surface area contributed by atoms with Crippen LogP contribution in [0.15, 0.2) is 108 Å². The van der Waals surface area contributed by atoms with E-state index in [4.69, 9.17) is 5.10 Å². The standard InChI is InChI=1S/C33H35N3/c1-25(2)32(35-36(4)31-15-6-5-7-16-31)18-17-27-11-8-13-29(21-27)30-14-9-12-28(22-30)23-33(19-10-20-33)26(3)24-34/h5-9,11-16,21-22H,1,3,10,17-20,23H2,2,4H3/b35-32-. The zero-order valence-corrected chi connectivity index (χ0v) is 21.5. The van der Waals surface area contributed by atoms with E-state index in [1.807, 2.05) is 37.2 Å². The highest BCUT2D eigenvalue weighted by molar-refractivity contribution is 5.99. The van der Waals surface area contributed by atoms with Crippen molar-refractivity contribution in [2.45, 2.75) is 45.4 Å². The van der Waals surface area contributed by atoms with Gasteiger partial charge in [0.1, 0.15) is 0 Å². The van der Waals surface area contributed by atoms with E-state index in [1.54, 1.807) is 0 Å². The molecule has 36 heavy (non-hydrogen) atoms. The second-order valence-corrected chi connectivity index (χ2v) is 9.99. The van der Waals surface area contributed by atoms with Crippen molar-refractivity contribution < 1.29 is 0 Å². The summed E-state index contributed by atoms with van der Waals surface area (Å²) in [7, 11) is 1.98. The van der Waals surface area contributed by atoms with E-state index in [9.17, 15) is 5.26 Å². The maximum Gasteiger partial charge on any atom is 0.0946 e. The van der Waals surface area contributed by atoms with Gasteiger partial charge in [-0.3, -0.25) is 5.01 Å². The monoisotopic (exact) mass is 473 g/mol. The van der Waals surface area contributed by atoms with Crippen LogP contribution in [0.25, 0.3) is 11.1 Å². The summed E-state index contributed by atoms with van der Waals surface area (Å²) < 4.78 is 0. The molecule has 1 aliphatic rings. The molecule has 0 spiro atoms. The van der Waals surface area contributed by atoms with Crippen LogP contribution in [0.4, 0.5) is 5.69 Å². The maximum atomic E-state index is 9.44. The van der Waals surface area contributed by atoms with Crippen LogP contribution in [0.2, 0.25) is 0 Å². The van der Waals surface area contributed by atoms with Crippen molar-refractivity contribution in [1.82, 2.24) is 0 Å². The van der Waals surface area contributed by atoms with Crippen molar-refractivity contribution in [3.63, 3.8) is 0 Å². The molecule has 0 N–H and O–H groups in total. The quantitative estimate of drug-likeness (QED) is 0.169. The molecule has 3 aromatic rings. The normalized spacial score (nSPS) is 14.4. The van der Waals surface area contributed by atoms with E-state index >= 15 is 0 Å². The molecule has 0 heterocycles. The molecule has 1 fully saturated rings. The lowest BCUT2D eigenvalue weighted by atomic mass is 9.61. The summed E-state index contributed by atoms with van der Waals surface area (Å²) in [5.74, 6) is 0. The molecule has 0 bridgehead atoms. The first-order valence-electron chi connectivity index (χ1n) is 12.7. The van der Waals surface area contributed by atoms with E-state index in [1.165, 1.54) is 28.7 Å². The van der Waals surface area contributed by atoms with Crippen molar-refractivity contribution in [3.8, 4) is 17.2 Å². The number of anilines is 1. The molecular formula is C33H35N3. The van der Waals surface area contributed by atoms with Crippen LogP contribution in [0, 0.1) is 16.7 Å². The number of hydrogen-bond acceptors (Lipinski definition) is 3. The molecule has 1 saturated carbocycles. The lowest BCUT2D eigenvalue weighted by Crippen LogP contribution is -2.33. The van der Waals surface area contributed by atoms with E-state index in [0.717, 1.165) is 54.6 Å². The third-order valence-corrected chi connectivity index (χ3v) is 7.36. The SMILES string of the molecule is C=C(C)/C(CCc1cccc(-c2cccc(CC3(C(=C)C#N)CCC3)c2)c1)=N\N(C)c1ccccc1. The number of benzene rings is 3. The Hall–Kier alpha value is -3.90. The maximum absolute atomic E-state index is 9.44. The highest BCUT2D eigenvalue weighted by Crippen LogP contribution is 2.48. The fourth-order valence-electron chi connectivity index (χ4n) is 4.96. The zero-order valence-electron chi connectivity index (χ0n) is 21.5. The van der Waals surface area contributed by atoms with Crippen LogP contribution in [0.3, 0.4) is 0 Å². The minimum atomic E-state index is -0.0413. The van der Waals surface area contributed by atoms with Gasteiger partial charge < -0.3 is 0 Å². The van der Waals surface area contributed by atoms with Gasteiger partial charge in [0.2, 0.25) is 0 Å². The first kappa shape index (κ1) is 25.2. The van der Waals surface area contributed by atoms with Gasteiger partial charge >= 0.3 is 0 Å². The van der Waals surface area contributed by atoms with Crippen molar-refractivity contribution in [2.24, 2.45) is 10.5 Å². The average molecular weight is 474 g/mol. The van der Waals surface area contributed by atoms with Crippen LogP contribution >= 0.6 is 0 Å². The first-order chi connectivity index (χ1) is 17.4. The summed E-state index contributed by atoms with van der Waals surface area (Å²) in [6, 6.07) is 30.0. The first-order valence-corrected chi connectivity index (χ1v) is 12.7. The Labute approximate surface area is 216 Å². The molecule has 0 unspecified atom stereocenters. The molecule has 0 saturated heterocycles. The average Bonchev–Trinajstić information content (AvgIpc) is 2.88. The van der Waals surface area contributed by atoms with E-state index in [-0.39, 0.29) is 5.41 Å². The Morgan fingerprint density at radius 3 is 2.17 bits per heavy atom. The van der Waals surface area contributed by atoms with Crippen LogP contribution in [-0.4, -0.2) is 12.8 Å². The summed E-state index contributed by atoms with van der Waals surface area (Å²) >= 11 is 0. The number of nitrogens with zero attached hydrogens (tertiary/aromatic N) is 3. The molecule has 3 aromatic carbocycles. The van der Waals surface area contributed by atoms with Gasteiger partial charge in [0.05, 0.1) is 17.5 Å². The highest BCUT2D eigenvalue weighted by Gasteiger charge is 2.39. The number of aryl methyl sites for hydroxylation is 1. The van der Waals surface area contributed by atoms with E-state index < -0.39 is 0 Å². The van der Waals surface area contributed by atoms with E-state index in [2.05, 4.69) is 79.9 Å². The van der Waals surface area contributed by atoms with Crippen molar-refractivity contribution in [1.29, 1.82) is 5.26 Å². The topological polar surface area (TPSA) is 39.4 Å². The van der Waals surface area contributed by atoms with Gasteiger partial charge in [0.15, 0.2) is 0 Å². The molecule has 0 radical (unpaired) electrons. The lowest BCUT2D eigenvalue weighted by molar-refractivity contribution is 0.192. The lowest BCUT2D eigenvalue weighted by Gasteiger charge is -2.41. The molecule has 4 rings (SSSR count). The number of allylic oxidation sites excluding steroid dienone is 2. The predicted molar refractivity (Wildman–Crippen MR) is 152 cm³/mol. The Kier molecular flexibility index (Phi) is 7.86. The summed E-state index contributed by atoms with van der Waals surface area (Å²) in [5.41, 5.74) is 8.73. The second kappa shape index (κ2) is 11.2. The van der Waals surface area contributed by atoms with Gasteiger partial charge in [0, 0.05) is 18.0 Å². The molecule has 1 aliphatic carbocycles. The Morgan fingerprint density at radius 1 is 0.944 bits per heavy atom. The third-order valence-electron chi connectivity index (χ3n) is 7.36. The number of hydrogen-bond donors (Lipinski definition) is 0. The highest BCUT2D eigenvalue weighted by atomic mass is 15.4. The number of hydrazone groups is 1. The summed E-state index contributed by atoms with van der Waals surface area (Å²) in [4.78, 5) is 0. The molecule has 3 nitrogen and oxygen atoms in total. The second-order valence-electron chi connectivity index (χ2n) is 9.99. The predicted octanol–water partition coefficient (Wildman–Crippen LogP) is 8.15. The van der Waals surface area contributed by atoms with Gasteiger partial charge in [-0.1, -0.05) is 86.3 Å². The molecule has 0 atom stereocenters.